The van der Waals surface area contributed by atoms with E-state index in [9.17, 15) is 17.6 Å². The van der Waals surface area contributed by atoms with Crippen LogP contribution in [0.3, 0.4) is 0 Å². The number of rotatable bonds is 4. The Labute approximate surface area is 171 Å². The molecule has 0 aromatic heterocycles. The van der Waals surface area contributed by atoms with Crippen LogP contribution in [0.5, 0.6) is 11.5 Å². The van der Waals surface area contributed by atoms with Crippen molar-refractivity contribution in [1.29, 1.82) is 0 Å². The SMILES string of the molecule is O=C1C(=Cc2ccccc2Cl)Oc2cc(OS(=O)(=O)c3ccc(F)cc3)ccc21. The summed E-state index contributed by atoms with van der Waals surface area (Å²) < 4.78 is 48.4. The van der Waals surface area contributed by atoms with Crippen LogP contribution in [0.1, 0.15) is 15.9 Å². The van der Waals surface area contributed by atoms with E-state index >= 15 is 0 Å². The third-order valence-electron chi connectivity index (χ3n) is 4.14. The second kappa shape index (κ2) is 7.35. The number of ether oxygens (including phenoxy) is 1. The lowest BCUT2D eigenvalue weighted by atomic mass is 10.1. The minimum absolute atomic E-state index is 0.0418. The molecule has 0 saturated carbocycles. The highest BCUT2D eigenvalue weighted by Crippen LogP contribution is 2.36. The van der Waals surface area contributed by atoms with Gasteiger partial charge in [0, 0.05) is 11.1 Å². The zero-order valence-corrected chi connectivity index (χ0v) is 16.2. The average molecular weight is 431 g/mol. The number of carbonyl (C=O) groups excluding carboxylic acids is 1. The molecule has 8 heteroatoms. The Hall–Kier alpha value is -3.16. The van der Waals surface area contributed by atoms with Gasteiger partial charge in [-0.2, -0.15) is 8.42 Å². The van der Waals surface area contributed by atoms with Crippen LogP contribution in [0.15, 0.2) is 77.4 Å². The van der Waals surface area contributed by atoms with E-state index in [-0.39, 0.29) is 33.5 Å². The van der Waals surface area contributed by atoms with Gasteiger partial charge in [-0.3, -0.25) is 4.79 Å². The Morgan fingerprint density at radius 3 is 2.45 bits per heavy atom. The van der Waals surface area contributed by atoms with Crippen LogP contribution in [-0.4, -0.2) is 14.2 Å². The average Bonchev–Trinajstić information content (AvgIpc) is 2.98. The van der Waals surface area contributed by atoms with Gasteiger partial charge in [-0.05, 0) is 54.1 Å². The Bertz CT molecular complexity index is 1250. The molecule has 0 fully saturated rings. The first-order valence-electron chi connectivity index (χ1n) is 8.36. The maximum Gasteiger partial charge on any atom is 0.339 e. The molecular weight excluding hydrogens is 419 g/mol. The molecule has 1 aliphatic rings. The number of hydrogen-bond donors (Lipinski definition) is 0. The zero-order chi connectivity index (χ0) is 20.6. The Balaban J connectivity index is 1.61. The molecular formula is C21H12ClFO5S. The first-order valence-corrected chi connectivity index (χ1v) is 10.1. The number of ketones is 1. The van der Waals surface area contributed by atoms with Crippen molar-refractivity contribution in [2.45, 2.75) is 4.90 Å². The lowest BCUT2D eigenvalue weighted by Gasteiger charge is -2.08. The van der Waals surface area contributed by atoms with Gasteiger partial charge in [-0.1, -0.05) is 29.8 Å². The van der Waals surface area contributed by atoms with Crippen molar-refractivity contribution in [2.24, 2.45) is 0 Å². The first kappa shape index (κ1) is 19.2. The molecule has 29 heavy (non-hydrogen) atoms. The topological polar surface area (TPSA) is 69.7 Å². The maximum atomic E-state index is 13.0. The number of hydrogen-bond acceptors (Lipinski definition) is 5. The lowest BCUT2D eigenvalue weighted by molar-refractivity contribution is 0.101. The van der Waals surface area contributed by atoms with Crippen LogP contribution in [-0.2, 0) is 10.1 Å². The standard InChI is InChI=1S/C21H12ClFO5S/c22-18-4-2-1-3-13(18)11-20-21(24)17-10-7-15(12-19(17)27-20)28-29(25,26)16-8-5-14(23)6-9-16/h1-12H. The molecule has 0 spiro atoms. The number of benzene rings is 3. The van der Waals surface area contributed by atoms with E-state index in [1.54, 1.807) is 24.3 Å². The van der Waals surface area contributed by atoms with E-state index in [1.807, 2.05) is 0 Å². The van der Waals surface area contributed by atoms with Crippen LogP contribution in [0, 0.1) is 5.82 Å². The molecule has 3 aromatic rings. The fourth-order valence-corrected chi connectivity index (χ4v) is 3.84. The van der Waals surface area contributed by atoms with Crippen molar-refractivity contribution in [3.05, 3.63) is 94.5 Å². The third kappa shape index (κ3) is 3.87. The Morgan fingerprint density at radius 2 is 1.72 bits per heavy atom. The monoisotopic (exact) mass is 430 g/mol. The highest BCUT2D eigenvalue weighted by molar-refractivity contribution is 7.87. The summed E-state index contributed by atoms with van der Waals surface area (Å²) in [7, 11) is -4.17. The molecule has 0 amide bonds. The quantitative estimate of drug-likeness (QED) is 0.436. The van der Waals surface area contributed by atoms with Gasteiger partial charge in [0.05, 0.1) is 5.56 Å². The predicted octanol–water partition coefficient (Wildman–Crippen LogP) is 4.86. The van der Waals surface area contributed by atoms with Crippen molar-refractivity contribution < 1.29 is 26.5 Å². The van der Waals surface area contributed by atoms with Crippen LogP contribution < -0.4 is 8.92 Å². The van der Waals surface area contributed by atoms with Crippen molar-refractivity contribution in [3.63, 3.8) is 0 Å². The van der Waals surface area contributed by atoms with Gasteiger partial charge in [0.2, 0.25) is 5.78 Å². The van der Waals surface area contributed by atoms with Gasteiger partial charge in [0.1, 0.15) is 22.2 Å². The number of allylic oxidation sites excluding steroid dienone is 1. The third-order valence-corrected chi connectivity index (χ3v) is 5.75. The molecule has 0 radical (unpaired) electrons. The molecule has 1 heterocycles. The molecule has 0 unspecified atom stereocenters. The second-order valence-corrected chi connectivity index (χ2v) is 8.06. The molecule has 5 nitrogen and oxygen atoms in total. The predicted molar refractivity (Wildman–Crippen MR) is 105 cm³/mol. The van der Waals surface area contributed by atoms with Crippen molar-refractivity contribution in [2.75, 3.05) is 0 Å². The van der Waals surface area contributed by atoms with Gasteiger partial charge in [0.25, 0.3) is 0 Å². The molecule has 3 aromatic carbocycles. The summed E-state index contributed by atoms with van der Waals surface area (Å²) in [5.74, 6) is -0.731. The molecule has 0 saturated heterocycles. The second-order valence-electron chi connectivity index (χ2n) is 6.11. The van der Waals surface area contributed by atoms with Gasteiger partial charge in [-0.15, -0.1) is 0 Å². The molecule has 0 aliphatic carbocycles. The molecule has 0 atom stereocenters. The van der Waals surface area contributed by atoms with Crippen LogP contribution in [0.25, 0.3) is 6.08 Å². The largest absolute Gasteiger partial charge is 0.452 e. The minimum Gasteiger partial charge on any atom is -0.452 e. The van der Waals surface area contributed by atoms with Crippen molar-refractivity contribution in [1.82, 2.24) is 0 Å². The van der Waals surface area contributed by atoms with E-state index in [1.165, 1.54) is 24.3 Å². The highest BCUT2D eigenvalue weighted by Gasteiger charge is 2.29. The highest BCUT2D eigenvalue weighted by atomic mass is 35.5. The number of halogens is 2. The fraction of sp³-hybridized carbons (Fsp3) is 0. The van der Waals surface area contributed by atoms with Crippen LogP contribution >= 0.6 is 11.6 Å². The summed E-state index contributed by atoms with van der Waals surface area (Å²) in [5.41, 5.74) is 0.885. The van der Waals surface area contributed by atoms with E-state index in [0.717, 1.165) is 24.3 Å². The molecule has 146 valence electrons. The Morgan fingerprint density at radius 1 is 1.00 bits per heavy atom. The Kier molecular flexibility index (Phi) is 4.86. The van der Waals surface area contributed by atoms with E-state index < -0.39 is 15.9 Å². The molecule has 4 rings (SSSR count). The van der Waals surface area contributed by atoms with Crippen LogP contribution in [0.2, 0.25) is 5.02 Å². The van der Waals surface area contributed by atoms with Gasteiger partial charge < -0.3 is 8.92 Å². The summed E-state index contributed by atoms with van der Waals surface area (Å²) >= 11 is 6.11. The van der Waals surface area contributed by atoms with Crippen LogP contribution in [0.4, 0.5) is 4.39 Å². The number of carbonyl (C=O) groups is 1. The molecule has 0 N–H and O–H groups in total. The maximum absolute atomic E-state index is 13.0. The van der Waals surface area contributed by atoms with E-state index in [0.29, 0.717) is 10.6 Å². The minimum atomic E-state index is -4.17. The fourth-order valence-electron chi connectivity index (χ4n) is 2.73. The van der Waals surface area contributed by atoms with Gasteiger partial charge in [-0.25, -0.2) is 4.39 Å². The number of fused-ring (bicyclic) bond motifs is 1. The van der Waals surface area contributed by atoms with Crippen molar-refractivity contribution in [3.8, 4) is 11.5 Å². The summed E-state index contributed by atoms with van der Waals surface area (Å²) in [5, 5.41) is 0.460. The summed E-state index contributed by atoms with van der Waals surface area (Å²) in [6.45, 7) is 0. The number of Topliss-reactive ketones (excluding diaryl/α,β-unsaturated/α-hetero) is 1. The summed E-state index contributed by atoms with van der Waals surface area (Å²) in [6.07, 6.45) is 1.51. The summed E-state index contributed by atoms with van der Waals surface area (Å²) in [6, 6.07) is 15.3. The van der Waals surface area contributed by atoms with Crippen molar-refractivity contribution >= 4 is 33.6 Å². The molecule has 1 aliphatic heterocycles. The zero-order valence-electron chi connectivity index (χ0n) is 14.6. The smallest absolute Gasteiger partial charge is 0.339 e. The van der Waals surface area contributed by atoms with E-state index in [2.05, 4.69) is 0 Å². The first-order chi connectivity index (χ1) is 13.8. The van der Waals surface area contributed by atoms with E-state index in [4.69, 9.17) is 20.5 Å². The lowest BCUT2D eigenvalue weighted by Crippen LogP contribution is -2.09. The molecule has 0 bridgehead atoms. The van der Waals surface area contributed by atoms with Gasteiger partial charge >= 0.3 is 10.1 Å². The van der Waals surface area contributed by atoms with Gasteiger partial charge in [0.15, 0.2) is 5.76 Å². The summed E-state index contributed by atoms with van der Waals surface area (Å²) in [4.78, 5) is 12.3. The normalized spacial score (nSPS) is 14.6.